The van der Waals surface area contributed by atoms with Crippen LogP contribution in [0.4, 0.5) is 0 Å². The predicted molar refractivity (Wildman–Crippen MR) is 115 cm³/mol. The van der Waals surface area contributed by atoms with Gasteiger partial charge in [0.1, 0.15) is 11.3 Å². The van der Waals surface area contributed by atoms with Gasteiger partial charge in [0.2, 0.25) is 0 Å². The summed E-state index contributed by atoms with van der Waals surface area (Å²) in [6, 6.07) is 17.8. The van der Waals surface area contributed by atoms with E-state index in [0.717, 1.165) is 37.1 Å². The monoisotopic (exact) mass is 420 g/mol. The number of rotatable bonds is 4. The minimum Gasteiger partial charge on any atom is -0.506 e. The lowest BCUT2D eigenvalue weighted by molar-refractivity contribution is 0.287. The van der Waals surface area contributed by atoms with Gasteiger partial charge in [-0.2, -0.15) is 0 Å². The summed E-state index contributed by atoms with van der Waals surface area (Å²) in [4.78, 5) is 7.01. The van der Waals surface area contributed by atoms with E-state index in [-0.39, 0.29) is 5.75 Å². The third-order valence-electron chi connectivity index (χ3n) is 4.87. The van der Waals surface area contributed by atoms with Gasteiger partial charge in [0.05, 0.1) is 5.69 Å². The van der Waals surface area contributed by atoms with Crippen molar-refractivity contribution in [1.29, 1.82) is 0 Å². The maximum absolute atomic E-state index is 9.98. The number of phenols is 1. The first-order valence-corrected chi connectivity index (χ1v) is 9.90. The Balaban J connectivity index is 1.42. The van der Waals surface area contributed by atoms with Crippen LogP contribution in [0.3, 0.4) is 0 Å². The second kappa shape index (κ2) is 8.07. The number of benzene rings is 2. The largest absolute Gasteiger partial charge is 0.506 e. The molecule has 1 aromatic heterocycles. The van der Waals surface area contributed by atoms with Gasteiger partial charge in [0.15, 0.2) is 0 Å². The first-order chi connectivity index (χ1) is 13.2. The number of aromatic nitrogens is 1. The van der Waals surface area contributed by atoms with E-state index in [1.165, 1.54) is 15.6 Å². The van der Waals surface area contributed by atoms with Crippen molar-refractivity contribution in [3.05, 3.63) is 88.1 Å². The molecule has 0 saturated heterocycles. The standard InChI is InChI=1S/C23H21BrN2O/c24-21-6-2-1-4-19(21)16-26-14-12-17(13-15-26)8-10-20-11-9-18-5-3-7-22(27)23(18)25-20/h1-12,27H,13-16H2/b10-8+. The van der Waals surface area contributed by atoms with Gasteiger partial charge in [-0.1, -0.05) is 64.5 Å². The lowest BCUT2D eigenvalue weighted by Gasteiger charge is -2.25. The zero-order valence-corrected chi connectivity index (χ0v) is 16.6. The third kappa shape index (κ3) is 4.29. The molecule has 3 aromatic rings. The number of allylic oxidation sites excluding steroid dienone is 1. The van der Waals surface area contributed by atoms with Gasteiger partial charge in [0.25, 0.3) is 0 Å². The SMILES string of the molecule is Oc1cccc2ccc(/C=C/C3=CCN(Cc4ccccc4Br)CC3)nc12. The highest BCUT2D eigenvalue weighted by molar-refractivity contribution is 9.10. The molecule has 2 aromatic carbocycles. The summed E-state index contributed by atoms with van der Waals surface area (Å²) in [6.07, 6.45) is 7.49. The smallest absolute Gasteiger partial charge is 0.141 e. The molecule has 1 aliphatic rings. The van der Waals surface area contributed by atoms with E-state index in [1.807, 2.05) is 36.4 Å². The number of fused-ring (bicyclic) bond motifs is 1. The van der Waals surface area contributed by atoms with Crippen LogP contribution in [0.15, 0.2) is 76.8 Å². The van der Waals surface area contributed by atoms with Crippen molar-refractivity contribution in [3.63, 3.8) is 0 Å². The van der Waals surface area contributed by atoms with E-state index < -0.39 is 0 Å². The molecule has 136 valence electrons. The minimum absolute atomic E-state index is 0.224. The second-order valence-corrected chi connectivity index (χ2v) is 7.63. The molecule has 0 atom stereocenters. The summed E-state index contributed by atoms with van der Waals surface area (Å²) in [7, 11) is 0. The van der Waals surface area contributed by atoms with Gasteiger partial charge in [-0.05, 0) is 41.8 Å². The van der Waals surface area contributed by atoms with Gasteiger partial charge in [-0.25, -0.2) is 4.98 Å². The molecule has 0 aliphatic carbocycles. The Morgan fingerprint density at radius 2 is 1.93 bits per heavy atom. The predicted octanol–water partition coefficient (Wildman–Crippen LogP) is 5.55. The highest BCUT2D eigenvalue weighted by Crippen LogP contribution is 2.24. The van der Waals surface area contributed by atoms with Crippen molar-refractivity contribution in [3.8, 4) is 5.75 Å². The average Bonchev–Trinajstić information content (AvgIpc) is 2.70. The highest BCUT2D eigenvalue weighted by atomic mass is 79.9. The lowest BCUT2D eigenvalue weighted by atomic mass is 10.1. The maximum atomic E-state index is 9.98. The Bertz CT molecular complexity index is 1030. The molecule has 2 heterocycles. The second-order valence-electron chi connectivity index (χ2n) is 6.77. The molecule has 27 heavy (non-hydrogen) atoms. The summed E-state index contributed by atoms with van der Waals surface area (Å²) in [5.41, 5.74) is 4.17. The topological polar surface area (TPSA) is 36.4 Å². The Morgan fingerprint density at radius 3 is 2.74 bits per heavy atom. The van der Waals surface area contributed by atoms with Crippen molar-refractivity contribution in [2.24, 2.45) is 0 Å². The number of phenolic OH excluding ortho intramolecular Hbond substituents is 1. The summed E-state index contributed by atoms with van der Waals surface area (Å²) in [6.45, 7) is 2.96. The summed E-state index contributed by atoms with van der Waals surface area (Å²) in [5.74, 6) is 0.224. The molecular weight excluding hydrogens is 400 g/mol. The van der Waals surface area contributed by atoms with Gasteiger partial charge in [-0.3, -0.25) is 4.90 Å². The summed E-state index contributed by atoms with van der Waals surface area (Å²) in [5, 5.41) is 10.9. The zero-order valence-electron chi connectivity index (χ0n) is 15.0. The van der Waals surface area contributed by atoms with Crippen LogP contribution in [0.25, 0.3) is 17.0 Å². The Labute approximate surface area is 167 Å². The molecule has 0 bridgehead atoms. The van der Waals surface area contributed by atoms with E-state index in [1.54, 1.807) is 6.07 Å². The highest BCUT2D eigenvalue weighted by Gasteiger charge is 2.12. The summed E-state index contributed by atoms with van der Waals surface area (Å²) < 4.78 is 1.17. The van der Waals surface area contributed by atoms with Crippen molar-refractivity contribution < 1.29 is 5.11 Å². The molecule has 4 heteroatoms. The van der Waals surface area contributed by atoms with Crippen LogP contribution >= 0.6 is 15.9 Å². The lowest BCUT2D eigenvalue weighted by Crippen LogP contribution is -2.28. The van der Waals surface area contributed by atoms with Crippen LogP contribution in [0.2, 0.25) is 0 Å². The van der Waals surface area contributed by atoms with Crippen LogP contribution in [-0.2, 0) is 6.54 Å². The van der Waals surface area contributed by atoms with Gasteiger partial charge in [0, 0.05) is 29.5 Å². The van der Waals surface area contributed by atoms with Crippen LogP contribution < -0.4 is 0 Å². The first-order valence-electron chi connectivity index (χ1n) is 9.11. The molecule has 0 spiro atoms. The number of aromatic hydroxyl groups is 1. The Morgan fingerprint density at radius 1 is 1.04 bits per heavy atom. The molecule has 0 radical (unpaired) electrons. The molecule has 0 saturated carbocycles. The Kier molecular flexibility index (Phi) is 5.37. The number of para-hydroxylation sites is 1. The number of pyridine rings is 1. The van der Waals surface area contributed by atoms with E-state index in [4.69, 9.17) is 0 Å². The fraction of sp³-hybridized carbons (Fsp3) is 0.174. The number of halogens is 1. The maximum Gasteiger partial charge on any atom is 0.141 e. The van der Waals surface area contributed by atoms with Gasteiger partial charge >= 0.3 is 0 Å². The molecule has 0 unspecified atom stereocenters. The Hall–Kier alpha value is -2.43. The van der Waals surface area contributed by atoms with E-state index in [0.29, 0.717) is 5.52 Å². The van der Waals surface area contributed by atoms with Crippen molar-refractivity contribution in [1.82, 2.24) is 9.88 Å². The number of hydrogen-bond donors (Lipinski definition) is 1. The van der Waals surface area contributed by atoms with Gasteiger partial charge in [-0.15, -0.1) is 0 Å². The normalized spacial score (nSPS) is 15.4. The molecule has 0 amide bonds. The summed E-state index contributed by atoms with van der Waals surface area (Å²) >= 11 is 3.63. The van der Waals surface area contributed by atoms with Crippen molar-refractivity contribution in [2.45, 2.75) is 13.0 Å². The molecule has 3 nitrogen and oxygen atoms in total. The van der Waals surface area contributed by atoms with E-state index in [2.05, 4.69) is 56.2 Å². The number of nitrogens with zero attached hydrogens (tertiary/aromatic N) is 2. The molecule has 0 fully saturated rings. The van der Waals surface area contributed by atoms with Gasteiger partial charge < -0.3 is 5.11 Å². The van der Waals surface area contributed by atoms with Crippen molar-refractivity contribution in [2.75, 3.05) is 13.1 Å². The molecule has 1 aliphatic heterocycles. The average molecular weight is 421 g/mol. The van der Waals surface area contributed by atoms with Crippen LogP contribution in [0, 0.1) is 0 Å². The molecular formula is C23H21BrN2O. The van der Waals surface area contributed by atoms with E-state index in [9.17, 15) is 5.11 Å². The minimum atomic E-state index is 0.224. The molecule has 4 rings (SSSR count). The van der Waals surface area contributed by atoms with Crippen molar-refractivity contribution >= 4 is 32.9 Å². The van der Waals surface area contributed by atoms with Crippen LogP contribution in [0.1, 0.15) is 17.7 Å². The first kappa shape index (κ1) is 18.0. The van der Waals surface area contributed by atoms with Crippen LogP contribution in [-0.4, -0.2) is 28.1 Å². The number of hydrogen-bond acceptors (Lipinski definition) is 3. The fourth-order valence-electron chi connectivity index (χ4n) is 3.32. The quantitative estimate of drug-likeness (QED) is 0.600. The third-order valence-corrected chi connectivity index (χ3v) is 5.64. The zero-order chi connectivity index (χ0) is 18.6. The fourth-order valence-corrected chi connectivity index (χ4v) is 3.73. The van der Waals surface area contributed by atoms with Crippen LogP contribution in [0.5, 0.6) is 5.75 Å². The van der Waals surface area contributed by atoms with E-state index >= 15 is 0 Å². The molecule has 1 N–H and O–H groups in total.